The third-order valence-corrected chi connectivity index (χ3v) is 5.52. The van der Waals surface area contributed by atoms with E-state index in [1.54, 1.807) is 12.1 Å². The van der Waals surface area contributed by atoms with E-state index in [9.17, 15) is 23.1 Å². The molecule has 0 aliphatic carbocycles. The van der Waals surface area contributed by atoms with Crippen molar-refractivity contribution in [3.63, 3.8) is 0 Å². The Morgan fingerprint density at radius 1 is 1.19 bits per heavy atom. The van der Waals surface area contributed by atoms with Crippen molar-refractivity contribution in [1.82, 2.24) is 10.3 Å². The quantitative estimate of drug-likeness (QED) is 0.466. The number of amides is 1. The van der Waals surface area contributed by atoms with Gasteiger partial charge in [-0.2, -0.15) is 13.2 Å². The van der Waals surface area contributed by atoms with E-state index in [0.717, 1.165) is 12.1 Å². The Kier molecular flexibility index (Phi) is 7.17. The molecule has 1 heterocycles. The molecule has 1 atom stereocenters. The first-order valence-electron chi connectivity index (χ1n) is 9.56. The van der Waals surface area contributed by atoms with Crippen LogP contribution in [-0.2, 0) is 6.18 Å². The number of ether oxygens (including phenoxy) is 1. The number of benzene rings is 2. The minimum absolute atomic E-state index is 0.114. The molecule has 1 aromatic heterocycles. The van der Waals surface area contributed by atoms with Gasteiger partial charge in [0.25, 0.3) is 5.91 Å². The minimum Gasteiger partial charge on any atom is -0.496 e. The van der Waals surface area contributed by atoms with Gasteiger partial charge in [0, 0.05) is 22.6 Å². The van der Waals surface area contributed by atoms with Crippen LogP contribution in [0.4, 0.5) is 13.2 Å². The van der Waals surface area contributed by atoms with Gasteiger partial charge in [-0.1, -0.05) is 30.1 Å². The topological polar surface area (TPSA) is 71.5 Å². The highest BCUT2D eigenvalue weighted by Gasteiger charge is 2.32. The monoisotopic (exact) mass is 486 g/mol. The maximum Gasteiger partial charge on any atom is 0.416 e. The van der Waals surface area contributed by atoms with E-state index in [-0.39, 0.29) is 27.9 Å². The molecule has 5 nitrogen and oxygen atoms in total. The Hall–Kier alpha value is -2.55. The number of fused-ring (bicyclic) bond motifs is 1. The molecule has 10 heteroatoms. The summed E-state index contributed by atoms with van der Waals surface area (Å²) < 4.78 is 44.6. The van der Waals surface area contributed by atoms with Crippen LogP contribution in [-0.4, -0.2) is 35.8 Å². The predicted octanol–water partition coefficient (Wildman–Crippen LogP) is 5.74. The smallest absolute Gasteiger partial charge is 0.416 e. The molecule has 1 amide bonds. The number of methoxy groups -OCH3 is 1. The zero-order valence-corrected chi connectivity index (χ0v) is 18.6. The largest absolute Gasteiger partial charge is 0.496 e. The molecule has 170 valence electrons. The van der Waals surface area contributed by atoms with Crippen LogP contribution in [0, 0.1) is 0 Å². The first kappa shape index (κ1) is 24.1. The Balaban J connectivity index is 2.12. The maximum atomic E-state index is 13.1. The van der Waals surface area contributed by atoms with Gasteiger partial charge in [0.05, 0.1) is 46.6 Å². The third-order valence-electron chi connectivity index (χ3n) is 4.93. The molecular formula is C22H19Cl2F3N2O3. The zero-order valence-electron chi connectivity index (χ0n) is 17.1. The fraction of sp³-hybridized carbons (Fsp3) is 0.273. The molecule has 2 aromatic carbocycles. The van der Waals surface area contributed by atoms with E-state index in [1.165, 1.54) is 19.2 Å². The molecule has 0 spiro atoms. The van der Waals surface area contributed by atoms with Crippen molar-refractivity contribution in [1.29, 1.82) is 0 Å². The number of rotatable bonds is 6. The lowest BCUT2D eigenvalue weighted by Gasteiger charge is -2.15. The number of carbonyl (C=O) groups excluding carboxylic acids is 1. The van der Waals surface area contributed by atoms with Gasteiger partial charge in [-0.15, -0.1) is 0 Å². The lowest BCUT2D eigenvalue weighted by molar-refractivity contribution is -0.137. The van der Waals surface area contributed by atoms with Gasteiger partial charge < -0.3 is 15.2 Å². The number of hydrogen-bond acceptors (Lipinski definition) is 4. The molecule has 0 radical (unpaired) electrons. The van der Waals surface area contributed by atoms with E-state index in [0.29, 0.717) is 28.6 Å². The molecule has 3 aromatic rings. The van der Waals surface area contributed by atoms with Crippen molar-refractivity contribution in [3.05, 3.63) is 57.6 Å². The van der Waals surface area contributed by atoms with E-state index >= 15 is 0 Å². The second-order valence-electron chi connectivity index (χ2n) is 7.02. The van der Waals surface area contributed by atoms with E-state index in [2.05, 4.69) is 10.3 Å². The number of carbonyl (C=O) groups is 1. The molecular weight excluding hydrogens is 468 g/mol. The highest BCUT2D eigenvalue weighted by Crippen LogP contribution is 2.41. The van der Waals surface area contributed by atoms with Crippen LogP contribution < -0.4 is 10.1 Å². The van der Waals surface area contributed by atoms with Gasteiger partial charge in [0.1, 0.15) is 5.75 Å². The lowest BCUT2D eigenvalue weighted by atomic mass is 10.0. The first-order valence-corrected chi connectivity index (χ1v) is 10.3. The molecule has 0 fully saturated rings. The van der Waals surface area contributed by atoms with Crippen molar-refractivity contribution in [2.45, 2.75) is 25.6 Å². The molecule has 0 saturated heterocycles. The SMILES string of the molecule is CC[C@H](CO)NC(=O)c1ccc2c(OC)cc(-c3c(Cl)cc(C(F)(F)F)cc3Cl)nc2c1. The molecule has 2 N–H and O–H groups in total. The molecule has 0 aliphatic heterocycles. The minimum atomic E-state index is -4.60. The highest BCUT2D eigenvalue weighted by atomic mass is 35.5. The van der Waals surface area contributed by atoms with Crippen molar-refractivity contribution in [2.75, 3.05) is 13.7 Å². The van der Waals surface area contributed by atoms with Crippen LogP contribution in [0.15, 0.2) is 36.4 Å². The van der Waals surface area contributed by atoms with Crippen molar-refractivity contribution < 1.29 is 27.8 Å². The number of nitrogens with one attached hydrogen (secondary N) is 1. The molecule has 32 heavy (non-hydrogen) atoms. The fourth-order valence-corrected chi connectivity index (χ4v) is 3.84. The number of aromatic nitrogens is 1. The average molecular weight is 487 g/mol. The molecule has 3 rings (SSSR count). The molecule has 0 aliphatic rings. The summed E-state index contributed by atoms with van der Waals surface area (Å²) >= 11 is 12.3. The summed E-state index contributed by atoms with van der Waals surface area (Å²) in [5, 5.41) is 12.2. The first-order chi connectivity index (χ1) is 15.1. The summed E-state index contributed by atoms with van der Waals surface area (Å²) in [6.45, 7) is 1.63. The van der Waals surface area contributed by atoms with Crippen molar-refractivity contribution in [2.24, 2.45) is 0 Å². The Labute approximate surface area is 192 Å². The fourth-order valence-electron chi connectivity index (χ4n) is 3.16. The van der Waals surface area contributed by atoms with Crippen molar-refractivity contribution in [3.8, 4) is 17.0 Å². The predicted molar refractivity (Wildman–Crippen MR) is 117 cm³/mol. The number of halogens is 5. The number of alkyl halides is 3. The van der Waals surface area contributed by atoms with Gasteiger partial charge in [0.2, 0.25) is 0 Å². The van der Waals surface area contributed by atoms with E-state index in [4.69, 9.17) is 27.9 Å². The average Bonchev–Trinajstić information content (AvgIpc) is 2.75. The Morgan fingerprint density at radius 2 is 1.84 bits per heavy atom. The second kappa shape index (κ2) is 9.52. The van der Waals surface area contributed by atoms with E-state index in [1.807, 2.05) is 6.92 Å². The molecule has 0 unspecified atom stereocenters. The summed E-state index contributed by atoms with van der Waals surface area (Å²) in [5.41, 5.74) is -0.0192. The van der Waals surface area contributed by atoms with Crippen LogP contribution in [0.5, 0.6) is 5.75 Å². The number of aliphatic hydroxyl groups is 1. The van der Waals surface area contributed by atoms with Gasteiger partial charge in [-0.3, -0.25) is 4.79 Å². The van der Waals surface area contributed by atoms with Crippen LogP contribution >= 0.6 is 23.2 Å². The number of nitrogens with zero attached hydrogens (tertiary/aromatic N) is 1. The zero-order chi connectivity index (χ0) is 23.6. The normalized spacial score (nSPS) is 12.6. The summed E-state index contributed by atoms with van der Waals surface area (Å²) in [5.74, 6) is -0.0182. The summed E-state index contributed by atoms with van der Waals surface area (Å²) in [7, 11) is 1.43. The van der Waals surface area contributed by atoms with E-state index < -0.39 is 23.7 Å². The van der Waals surface area contributed by atoms with Crippen molar-refractivity contribution >= 4 is 40.0 Å². The number of hydrogen-bond donors (Lipinski definition) is 2. The third kappa shape index (κ3) is 4.92. The van der Waals surface area contributed by atoms with Gasteiger partial charge >= 0.3 is 6.18 Å². The summed E-state index contributed by atoms with van der Waals surface area (Å²) in [6, 6.07) is 7.44. The Bertz CT molecular complexity index is 1140. The lowest BCUT2D eigenvalue weighted by Crippen LogP contribution is -2.36. The molecule has 0 saturated carbocycles. The summed E-state index contributed by atoms with van der Waals surface area (Å²) in [6.07, 6.45) is -4.05. The molecule has 0 bridgehead atoms. The summed E-state index contributed by atoms with van der Waals surface area (Å²) in [4.78, 5) is 17.0. The number of pyridine rings is 1. The van der Waals surface area contributed by atoms with Gasteiger partial charge in [-0.05, 0) is 36.8 Å². The maximum absolute atomic E-state index is 13.1. The standard InChI is InChI=1S/C22H19Cl2F3N2O3/c1-3-13(10-30)28-21(31)11-4-5-14-17(6-11)29-18(9-19(14)32-2)20-15(23)7-12(8-16(20)24)22(25,26)27/h4-9,13,30H,3,10H2,1-2H3,(H,28,31)/t13-/m1/s1. The second-order valence-corrected chi connectivity index (χ2v) is 7.83. The number of aliphatic hydroxyl groups excluding tert-OH is 1. The van der Waals surface area contributed by atoms with Gasteiger partial charge in [-0.25, -0.2) is 4.98 Å². The van der Waals surface area contributed by atoms with Gasteiger partial charge in [0.15, 0.2) is 0 Å². The van der Waals surface area contributed by atoms with Crippen LogP contribution in [0.2, 0.25) is 10.0 Å². The Morgan fingerprint density at radius 3 is 2.38 bits per heavy atom. The van der Waals surface area contributed by atoms with Crippen LogP contribution in [0.1, 0.15) is 29.3 Å². The van der Waals surface area contributed by atoms with Crippen LogP contribution in [0.25, 0.3) is 22.2 Å². The highest BCUT2D eigenvalue weighted by molar-refractivity contribution is 6.39. The van der Waals surface area contributed by atoms with Crippen LogP contribution in [0.3, 0.4) is 0 Å².